The summed E-state index contributed by atoms with van der Waals surface area (Å²) in [7, 11) is 0. The van der Waals surface area contributed by atoms with Crippen molar-refractivity contribution in [2.45, 2.75) is 39.7 Å². The molecule has 0 saturated carbocycles. The average Bonchev–Trinajstić information content (AvgIpc) is 2.96. The predicted molar refractivity (Wildman–Crippen MR) is 107 cm³/mol. The predicted octanol–water partition coefficient (Wildman–Crippen LogP) is 5.48. The number of allylic oxidation sites excluding steroid dienone is 1. The highest BCUT2D eigenvalue weighted by Crippen LogP contribution is 2.25. The number of aliphatic carboxylic acids is 1. The third-order valence-corrected chi connectivity index (χ3v) is 4.74. The number of rotatable bonds is 4. The van der Waals surface area contributed by atoms with E-state index in [2.05, 4.69) is 67.9 Å². The smallest absolute Gasteiger partial charge is 0.328 e. The molecular formula is C23H25NO2. The van der Waals surface area contributed by atoms with Crippen molar-refractivity contribution in [1.29, 1.82) is 0 Å². The highest BCUT2D eigenvalue weighted by atomic mass is 16.4. The van der Waals surface area contributed by atoms with Crippen LogP contribution in [0.3, 0.4) is 0 Å². The van der Waals surface area contributed by atoms with Crippen molar-refractivity contribution in [3.8, 4) is 0 Å². The molecule has 0 radical (unpaired) electrons. The van der Waals surface area contributed by atoms with E-state index < -0.39 is 5.97 Å². The van der Waals surface area contributed by atoms with Crippen molar-refractivity contribution in [3.63, 3.8) is 0 Å². The van der Waals surface area contributed by atoms with E-state index in [-0.39, 0.29) is 5.41 Å². The Kier molecular flexibility index (Phi) is 4.73. The molecule has 3 heteroatoms. The van der Waals surface area contributed by atoms with Crippen LogP contribution in [0.1, 0.15) is 44.4 Å². The molecule has 0 aliphatic rings. The first-order valence-electron chi connectivity index (χ1n) is 8.84. The van der Waals surface area contributed by atoms with Crippen LogP contribution < -0.4 is 0 Å². The molecule has 0 bridgehead atoms. The monoisotopic (exact) mass is 347 g/mol. The molecule has 0 saturated heterocycles. The van der Waals surface area contributed by atoms with Gasteiger partial charge in [-0.15, -0.1) is 0 Å². The van der Waals surface area contributed by atoms with Crippen molar-refractivity contribution in [2.24, 2.45) is 0 Å². The first kappa shape index (κ1) is 18.0. The van der Waals surface area contributed by atoms with Crippen molar-refractivity contribution < 1.29 is 9.90 Å². The number of carboxylic acids is 1. The first-order chi connectivity index (χ1) is 12.2. The van der Waals surface area contributed by atoms with E-state index in [1.165, 1.54) is 17.2 Å². The summed E-state index contributed by atoms with van der Waals surface area (Å²) in [5.41, 5.74) is 5.61. The van der Waals surface area contributed by atoms with Crippen LogP contribution in [0.15, 0.2) is 60.8 Å². The van der Waals surface area contributed by atoms with Gasteiger partial charge < -0.3 is 9.67 Å². The highest BCUT2D eigenvalue weighted by Gasteiger charge is 2.13. The third kappa shape index (κ3) is 3.88. The Morgan fingerprint density at radius 2 is 1.77 bits per heavy atom. The Hall–Kier alpha value is -2.81. The Labute approximate surface area is 154 Å². The van der Waals surface area contributed by atoms with Crippen molar-refractivity contribution in [1.82, 2.24) is 4.57 Å². The molecule has 0 fully saturated rings. The molecule has 26 heavy (non-hydrogen) atoms. The van der Waals surface area contributed by atoms with E-state index in [0.29, 0.717) is 0 Å². The van der Waals surface area contributed by atoms with E-state index >= 15 is 0 Å². The normalized spacial score (nSPS) is 12.5. The lowest BCUT2D eigenvalue weighted by molar-refractivity contribution is -0.131. The maximum atomic E-state index is 10.9. The molecule has 0 spiro atoms. The maximum absolute atomic E-state index is 10.9. The van der Waals surface area contributed by atoms with E-state index in [1.807, 2.05) is 19.1 Å². The van der Waals surface area contributed by atoms with Gasteiger partial charge in [0.25, 0.3) is 0 Å². The van der Waals surface area contributed by atoms with Gasteiger partial charge >= 0.3 is 5.97 Å². The minimum atomic E-state index is -0.918. The van der Waals surface area contributed by atoms with Gasteiger partial charge in [0, 0.05) is 29.7 Å². The summed E-state index contributed by atoms with van der Waals surface area (Å²) < 4.78 is 2.22. The minimum absolute atomic E-state index is 0.163. The molecular weight excluding hydrogens is 322 g/mol. The largest absolute Gasteiger partial charge is 0.478 e. The molecule has 3 rings (SSSR count). The van der Waals surface area contributed by atoms with Gasteiger partial charge in [-0.25, -0.2) is 4.79 Å². The fourth-order valence-electron chi connectivity index (χ4n) is 3.16. The van der Waals surface area contributed by atoms with Crippen LogP contribution in [0, 0.1) is 0 Å². The van der Waals surface area contributed by atoms with E-state index in [9.17, 15) is 4.79 Å². The number of aromatic nitrogens is 1. The Balaban J connectivity index is 1.87. The van der Waals surface area contributed by atoms with Crippen molar-refractivity contribution >= 4 is 22.4 Å². The molecule has 2 aromatic carbocycles. The minimum Gasteiger partial charge on any atom is -0.478 e. The first-order valence-corrected chi connectivity index (χ1v) is 8.84. The number of carbonyl (C=O) groups is 1. The molecule has 1 N–H and O–H groups in total. The standard InChI is InChI=1S/C23H25NO2/c1-16(13-22(25)26)18-7-10-21-19(14-18)11-12-24(21)15-17-5-8-20(9-6-17)23(2,3)4/h5-14H,15H2,1-4H3,(H,25,26). The number of fused-ring (bicyclic) bond motifs is 1. The second kappa shape index (κ2) is 6.83. The van der Waals surface area contributed by atoms with Crippen LogP contribution in [0.5, 0.6) is 0 Å². The fraction of sp³-hybridized carbons (Fsp3) is 0.261. The average molecular weight is 347 g/mol. The topological polar surface area (TPSA) is 42.2 Å². The molecule has 134 valence electrons. The summed E-state index contributed by atoms with van der Waals surface area (Å²) in [6.45, 7) is 9.31. The summed E-state index contributed by atoms with van der Waals surface area (Å²) in [5.74, 6) is -0.918. The van der Waals surface area contributed by atoms with Gasteiger partial charge in [-0.1, -0.05) is 51.1 Å². The third-order valence-electron chi connectivity index (χ3n) is 4.74. The van der Waals surface area contributed by atoms with Crippen molar-refractivity contribution in [2.75, 3.05) is 0 Å². The quantitative estimate of drug-likeness (QED) is 0.635. The number of benzene rings is 2. The second-order valence-corrected chi connectivity index (χ2v) is 7.83. The molecule has 3 aromatic rings. The zero-order valence-electron chi connectivity index (χ0n) is 15.8. The van der Waals surface area contributed by atoms with Crippen LogP contribution >= 0.6 is 0 Å². The molecule has 3 nitrogen and oxygen atoms in total. The van der Waals surface area contributed by atoms with Gasteiger partial charge in [0.1, 0.15) is 0 Å². The Bertz CT molecular complexity index is 970. The maximum Gasteiger partial charge on any atom is 0.328 e. The summed E-state index contributed by atoms with van der Waals surface area (Å²) in [6.07, 6.45) is 3.33. The Morgan fingerprint density at radius 3 is 2.38 bits per heavy atom. The number of nitrogens with zero attached hydrogens (tertiary/aromatic N) is 1. The summed E-state index contributed by atoms with van der Waals surface area (Å²) >= 11 is 0. The van der Waals surface area contributed by atoms with Crippen molar-refractivity contribution in [3.05, 3.63) is 77.5 Å². The number of hydrogen-bond donors (Lipinski definition) is 1. The van der Waals surface area contributed by atoms with Gasteiger partial charge in [0.15, 0.2) is 0 Å². The Morgan fingerprint density at radius 1 is 1.08 bits per heavy atom. The van der Waals surface area contributed by atoms with Crippen LogP contribution in [0.2, 0.25) is 0 Å². The van der Waals surface area contributed by atoms with Gasteiger partial charge in [0.05, 0.1) is 0 Å². The SMILES string of the molecule is CC(=CC(=O)O)c1ccc2c(ccn2Cc2ccc(C(C)(C)C)cc2)c1. The van der Waals surface area contributed by atoms with Gasteiger partial charge in [0.2, 0.25) is 0 Å². The van der Waals surface area contributed by atoms with Crippen LogP contribution in [-0.4, -0.2) is 15.6 Å². The van der Waals surface area contributed by atoms with Crippen LogP contribution in [0.25, 0.3) is 16.5 Å². The van der Waals surface area contributed by atoms with Gasteiger partial charge in [-0.3, -0.25) is 0 Å². The molecule has 0 atom stereocenters. The lowest BCUT2D eigenvalue weighted by Gasteiger charge is -2.19. The number of carboxylic acid groups (broad SMARTS) is 1. The van der Waals surface area contributed by atoms with E-state index in [4.69, 9.17) is 5.11 Å². The molecule has 0 aliphatic carbocycles. The van der Waals surface area contributed by atoms with E-state index in [1.54, 1.807) is 0 Å². The summed E-state index contributed by atoms with van der Waals surface area (Å²) in [4.78, 5) is 10.9. The van der Waals surface area contributed by atoms with Crippen LogP contribution in [-0.2, 0) is 16.8 Å². The van der Waals surface area contributed by atoms with Gasteiger partial charge in [-0.2, -0.15) is 0 Å². The van der Waals surface area contributed by atoms with E-state index in [0.717, 1.165) is 28.6 Å². The fourth-order valence-corrected chi connectivity index (χ4v) is 3.16. The molecule has 1 aromatic heterocycles. The number of hydrogen-bond acceptors (Lipinski definition) is 1. The lowest BCUT2D eigenvalue weighted by Crippen LogP contribution is -2.10. The zero-order chi connectivity index (χ0) is 18.9. The lowest BCUT2D eigenvalue weighted by atomic mass is 9.87. The van der Waals surface area contributed by atoms with Crippen LogP contribution in [0.4, 0.5) is 0 Å². The highest BCUT2D eigenvalue weighted by molar-refractivity contribution is 5.91. The molecule has 0 aliphatic heterocycles. The molecule has 1 heterocycles. The second-order valence-electron chi connectivity index (χ2n) is 7.83. The molecule has 0 amide bonds. The summed E-state index contributed by atoms with van der Waals surface area (Å²) in [6, 6.07) is 17.0. The van der Waals surface area contributed by atoms with Gasteiger partial charge in [-0.05, 0) is 52.8 Å². The zero-order valence-corrected chi connectivity index (χ0v) is 15.8. The summed E-state index contributed by atoms with van der Waals surface area (Å²) in [5, 5.41) is 10.0. The molecule has 0 unspecified atom stereocenters.